The topological polar surface area (TPSA) is 24.9 Å². The highest BCUT2D eigenvalue weighted by atomic mass is 127. The predicted octanol–water partition coefficient (Wildman–Crippen LogP) is 2.17. The Morgan fingerprint density at radius 3 is 3.09 bits per heavy atom. The van der Waals surface area contributed by atoms with Gasteiger partial charge in [0.25, 0.3) is 0 Å². The van der Waals surface area contributed by atoms with Crippen molar-refractivity contribution in [2.24, 2.45) is 0 Å². The quantitative estimate of drug-likeness (QED) is 0.429. The van der Waals surface area contributed by atoms with Crippen LogP contribution in [0.2, 0.25) is 0 Å². The van der Waals surface area contributed by atoms with Crippen LogP contribution in [-0.4, -0.2) is 4.98 Å². The molecular formula is C7H6I2N2. The van der Waals surface area contributed by atoms with Gasteiger partial charge in [-0.15, -0.1) is 0 Å². The van der Waals surface area contributed by atoms with Crippen LogP contribution < -0.4 is 5.32 Å². The Morgan fingerprint density at radius 2 is 2.36 bits per heavy atom. The zero-order valence-corrected chi connectivity index (χ0v) is 9.96. The summed E-state index contributed by atoms with van der Waals surface area (Å²) in [6.45, 7) is 0.940. The van der Waals surface area contributed by atoms with Crippen LogP contribution in [0.1, 0.15) is 11.1 Å². The molecule has 1 aliphatic rings. The summed E-state index contributed by atoms with van der Waals surface area (Å²) in [5.74, 6) is 0. The van der Waals surface area contributed by atoms with E-state index in [-0.39, 0.29) is 1.55 Å². The van der Waals surface area contributed by atoms with Crippen molar-refractivity contribution in [3.05, 3.63) is 29.6 Å². The van der Waals surface area contributed by atoms with Gasteiger partial charge < -0.3 is 0 Å². The van der Waals surface area contributed by atoms with Crippen molar-refractivity contribution in [2.45, 2.75) is 8.10 Å². The van der Waals surface area contributed by atoms with Crippen LogP contribution in [0.3, 0.4) is 0 Å². The summed E-state index contributed by atoms with van der Waals surface area (Å²) in [7, 11) is 0. The fourth-order valence-corrected chi connectivity index (χ4v) is 2.61. The highest BCUT2D eigenvalue weighted by Gasteiger charge is 2.32. The van der Waals surface area contributed by atoms with Crippen molar-refractivity contribution in [2.75, 3.05) is 0 Å². The molecule has 11 heavy (non-hydrogen) atoms. The lowest BCUT2D eigenvalue weighted by molar-refractivity contribution is 0.749. The van der Waals surface area contributed by atoms with Crippen molar-refractivity contribution in [1.82, 2.24) is 10.3 Å². The maximum atomic E-state index is 4.08. The minimum Gasteiger partial charge on any atom is -0.287 e. The van der Waals surface area contributed by atoms with Crippen LogP contribution in [0, 0.1) is 0 Å². The predicted molar refractivity (Wildman–Crippen MR) is 60.8 cm³/mol. The fourth-order valence-electron chi connectivity index (χ4n) is 1.18. The molecule has 0 radical (unpaired) electrons. The van der Waals surface area contributed by atoms with E-state index < -0.39 is 0 Å². The first-order valence-corrected chi connectivity index (χ1v) is 5.42. The standard InChI is InChI=1S/C7H6I2N2/c8-7(9)6-1-2-10-3-5(6)4-11-7/h1-3,11H,4H2. The number of nitrogens with zero attached hydrogens (tertiary/aromatic N) is 1. The van der Waals surface area contributed by atoms with E-state index in [1.165, 1.54) is 11.1 Å². The van der Waals surface area contributed by atoms with E-state index in [0.717, 1.165) is 6.54 Å². The summed E-state index contributed by atoms with van der Waals surface area (Å²) in [5, 5.41) is 3.39. The molecule has 0 saturated heterocycles. The van der Waals surface area contributed by atoms with Gasteiger partial charge in [0.2, 0.25) is 0 Å². The van der Waals surface area contributed by atoms with Gasteiger partial charge in [0.1, 0.15) is 1.55 Å². The Labute approximate surface area is 92.4 Å². The fraction of sp³-hybridized carbons (Fsp3) is 0.286. The van der Waals surface area contributed by atoms with Gasteiger partial charge in [0.15, 0.2) is 0 Å². The van der Waals surface area contributed by atoms with Gasteiger partial charge in [0, 0.05) is 18.9 Å². The van der Waals surface area contributed by atoms with Crippen LogP contribution >= 0.6 is 45.2 Å². The zero-order valence-electron chi connectivity index (χ0n) is 5.64. The van der Waals surface area contributed by atoms with Crippen molar-refractivity contribution < 1.29 is 0 Å². The first kappa shape index (κ1) is 8.18. The van der Waals surface area contributed by atoms with Crippen LogP contribution in [0.4, 0.5) is 0 Å². The summed E-state index contributed by atoms with van der Waals surface area (Å²) < 4.78 is 0.0772. The van der Waals surface area contributed by atoms with Gasteiger partial charge in [0.05, 0.1) is 0 Å². The number of alkyl halides is 2. The number of hydrogen-bond acceptors (Lipinski definition) is 2. The molecule has 2 heterocycles. The molecular weight excluding hydrogens is 366 g/mol. The van der Waals surface area contributed by atoms with Gasteiger partial charge in [-0.25, -0.2) is 0 Å². The number of pyridine rings is 1. The maximum absolute atomic E-state index is 4.08. The van der Waals surface area contributed by atoms with Crippen LogP contribution in [0.5, 0.6) is 0 Å². The molecule has 1 aromatic rings. The third-order valence-corrected chi connectivity index (χ3v) is 3.67. The van der Waals surface area contributed by atoms with Gasteiger partial charge in [-0.3, -0.25) is 10.3 Å². The highest BCUT2D eigenvalue weighted by molar-refractivity contribution is 14.2. The van der Waals surface area contributed by atoms with Gasteiger partial charge in [-0.2, -0.15) is 0 Å². The number of hydrogen-bond donors (Lipinski definition) is 1. The minimum atomic E-state index is 0.0772. The first-order valence-electron chi connectivity index (χ1n) is 3.26. The average molecular weight is 372 g/mol. The second-order valence-corrected chi connectivity index (χ2v) is 7.76. The lowest BCUT2D eigenvalue weighted by Crippen LogP contribution is -2.21. The van der Waals surface area contributed by atoms with E-state index in [1.54, 1.807) is 0 Å². The Balaban J connectivity index is 2.56. The zero-order chi connectivity index (χ0) is 7.90. The second kappa shape index (κ2) is 2.81. The normalized spacial score (nSPS) is 19.8. The lowest BCUT2D eigenvalue weighted by Gasteiger charge is -2.13. The molecule has 58 valence electrons. The molecule has 0 unspecified atom stereocenters. The molecule has 0 fully saturated rings. The molecule has 0 spiro atoms. The van der Waals surface area contributed by atoms with Gasteiger partial charge >= 0.3 is 0 Å². The number of nitrogens with one attached hydrogen (secondary N) is 1. The van der Waals surface area contributed by atoms with E-state index in [1.807, 2.05) is 12.4 Å². The van der Waals surface area contributed by atoms with E-state index in [2.05, 4.69) is 61.5 Å². The van der Waals surface area contributed by atoms with Crippen molar-refractivity contribution in [3.63, 3.8) is 0 Å². The Morgan fingerprint density at radius 1 is 1.55 bits per heavy atom. The Kier molecular flexibility index (Phi) is 2.09. The third-order valence-electron chi connectivity index (χ3n) is 1.74. The first-order chi connectivity index (χ1) is 5.20. The Bertz CT molecular complexity index is 286. The van der Waals surface area contributed by atoms with Crippen molar-refractivity contribution in [1.29, 1.82) is 0 Å². The van der Waals surface area contributed by atoms with Crippen molar-refractivity contribution >= 4 is 45.2 Å². The summed E-state index contributed by atoms with van der Waals surface area (Å²) in [5.41, 5.74) is 2.67. The number of rotatable bonds is 0. The molecule has 0 bridgehead atoms. The van der Waals surface area contributed by atoms with Crippen LogP contribution in [0.15, 0.2) is 18.5 Å². The van der Waals surface area contributed by atoms with E-state index in [9.17, 15) is 0 Å². The largest absolute Gasteiger partial charge is 0.287 e. The summed E-state index contributed by atoms with van der Waals surface area (Å²) >= 11 is 4.81. The lowest BCUT2D eigenvalue weighted by atomic mass is 10.2. The SMILES string of the molecule is IC1(I)NCc2cnccc21. The van der Waals surface area contributed by atoms with E-state index in [4.69, 9.17) is 0 Å². The molecule has 1 N–H and O–H groups in total. The molecule has 1 aliphatic heterocycles. The summed E-state index contributed by atoms with van der Waals surface area (Å²) in [6, 6.07) is 2.08. The second-order valence-electron chi connectivity index (χ2n) is 2.46. The smallest absolute Gasteiger partial charge is 0.148 e. The maximum Gasteiger partial charge on any atom is 0.148 e. The molecule has 0 aliphatic carbocycles. The summed E-state index contributed by atoms with van der Waals surface area (Å²) in [4.78, 5) is 4.08. The van der Waals surface area contributed by atoms with Crippen LogP contribution in [-0.2, 0) is 8.10 Å². The van der Waals surface area contributed by atoms with E-state index in [0.29, 0.717) is 0 Å². The van der Waals surface area contributed by atoms with Gasteiger partial charge in [-0.05, 0) is 62.4 Å². The molecule has 2 nitrogen and oxygen atoms in total. The molecule has 0 aromatic carbocycles. The van der Waals surface area contributed by atoms with Crippen molar-refractivity contribution in [3.8, 4) is 0 Å². The average Bonchev–Trinajstić information content (AvgIpc) is 2.29. The number of fused-ring (bicyclic) bond motifs is 1. The minimum absolute atomic E-state index is 0.0772. The molecule has 0 amide bonds. The van der Waals surface area contributed by atoms with Crippen LogP contribution in [0.25, 0.3) is 0 Å². The molecule has 4 heteroatoms. The molecule has 0 saturated carbocycles. The number of halogens is 2. The number of aromatic nitrogens is 1. The summed E-state index contributed by atoms with van der Waals surface area (Å²) in [6.07, 6.45) is 3.78. The Hall–Kier alpha value is 0.570. The van der Waals surface area contributed by atoms with E-state index >= 15 is 0 Å². The molecule has 1 aromatic heterocycles. The third kappa shape index (κ3) is 1.40. The monoisotopic (exact) mass is 372 g/mol. The highest BCUT2D eigenvalue weighted by Crippen LogP contribution is 2.42. The molecule has 0 atom stereocenters. The molecule has 2 rings (SSSR count). The van der Waals surface area contributed by atoms with Gasteiger partial charge in [-0.1, -0.05) is 0 Å².